The molecule has 3 saturated carbocycles. The van der Waals surface area contributed by atoms with Crippen molar-refractivity contribution in [3.8, 4) is 0 Å². The minimum atomic E-state index is 0.877. The van der Waals surface area contributed by atoms with E-state index in [1.165, 1.54) is 38.5 Å². The highest BCUT2D eigenvalue weighted by Gasteiger charge is 2.46. The maximum Gasteiger partial charge on any atom is 0.00751 e. The Balaban J connectivity index is 1.44. The summed E-state index contributed by atoms with van der Waals surface area (Å²) in [4.78, 5) is 0. The average Bonchev–Trinajstić information content (AvgIpc) is 2.66. The zero-order valence-corrected chi connectivity index (χ0v) is 9.34. The summed E-state index contributed by atoms with van der Waals surface area (Å²) in [6.45, 7) is 2.35. The fourth-order valence-electron chi connectivity index (χ4n) is 3.78. The van der Waals surface area contributed by atoms with Crippen molar-refractivity contribution in [2.75, 3.05) is 0 Å². The zero-order chi connectivity index (χ0) is 9.54. The first kappa shape index (κ1) is 9.21. The fourth-order valence-corrected chi connectivity index (χ4v) is 3.78. The minimum Gasteiger partial charge on any atom is -0.311 e. The molecule has 0 saturated heterocycles. The summed E-state index contributed by atoms with van der Waals surface area (Å²) in [7, 11) is 0. The van der Waals surface area contributed by atoms with Crippen molar-refractivity contribution in [2.45, 2.75) is 64.0 Å². The Hall–Kier alpha value is -0.0400. The first-order chi connectivity index (χ1) is 6.85. The van der Waals surface area contributed by atoms with Crippen LogP contribution in [0.1, 0.15) is 51.9 Å². The standard InChI is InChI=1S/C13H23N/c1-2-9-3-4-12(5-9)14-13-7-10-6-11(10)8-13/h9-14H,2-8H2,1H3. The van der Waals surface area contributed by atoms with Gasteiger partial charge in [-0.25, -0.2) is 0 Å². The van der Waals surface area contributed by atoms with Gasteiger partial charge in [0.05, 0.1) is 0 Å². The average molecular weight is 193 g/mol. The van der Waals surface area contributed by atoms with Crippen LogP contribution >= 0.6 is 0 Å². The van der Waals surface area contributed by atoms with Crippen LogP contribution in [0.5, 0.6) is 0 Å². The third kappa shape index (κ3) is 1.71. The van der Waals surface area contributed by atoms with Crippen LogP contribution < -0.4 is 5.32 Å². The van der Waals surface area contributed by atoms with Gasteiger partial charge in [-0.15, -0.1) is 0 Å². The van der Waals surface area contributed by atoms with Gasteiger partial charge in [0.15, 0.2) is 0 Å². The molecule has 3 rings (SSSR count). The normalized spacial score (nSPS) is 50.8. The van der Waals surface area contributed by atoms with Crippen molar-refractivity contribution in [1.29, 1.82) is 0 Å². The van der Waals surface area contributed by atoms with Crippen molar-refractivity contribution in [3.05, 3.63) is 0 Å². The first-order valence-corrected chi connectivity index (χ1v) is 6.61. The molecular weight excluding hydrogens is 170 g/mol. The van der Waals surface area contributed by atoms with Crippen LogP contribution in [0.2, 0.25) is 0 Å². The Morgan fingerprint density at radius 1 is 0.929 bits per heavy atom. The molecule has 80 valence electrons. The highest BCUT2D eigenvalue weighted by Crippen LogP contribution is 2.52. The van der Waals surface area contributed by atoms with Gasteiger partial charge in [0.2, 0.25) is 0 Å². The molecular formula is C13H23N. The van der Waals surface area contributed by atoms with E-state index < -0.39 is 0 Å². The molecule has 3 aliphatic rings. The molecule has 3 aliphatic carbocycles. The second-order valence-electron chi connectivity index (χ2n) is 5.88. The molecule has 14 heavy (non-hydrogen) atoms. The predicted octanol–water partition coefficient (Wildman–Crippen LogP) is 2.95. The Morgan fingerprint density at radius 3 is 2.36 bits per heavy atom. The van der Waals surface area contributed by atoms with Gasteiger partial charge >= 0.3 is 0 Å². The van der Waals surface area contributed by atoms with E-state index in [1.54, 1.807) is 6.42 Å². The molecule has 1 heteroatoms. The molecule has 0 heterocycles. The summed E-state index contributed by atoms with van der Waals surface area (Å²) >= 11 is 0. The molecule has 0 amide bonds. The van der Waals surface area contributed by atoms with Crippen LogP contribution in [0.25, 0.3) is 0 Å². The van der Waals surface area contributed by atoms with Crippen LogP contribution in [-0.4, -0.2) is 12.1 Å². The molecule has 0 spiro atoms. The topological polar surface area (TPSA) is 12.0 Å². The van der Waals surface area contributed by atoms with E-state index >= 15 is 0 Å². The largest absolute Gasteiger partial charge is 0.311 e. The fraction of sp³-hybridized carbons (Fsp3) is 1.00. The lowest BCUT2D eigenvalue weighted by atomic mass is 10.0. The van der Waals surface area contributed by atoms with Gasteiger partial charge in [-0.3, -0.25) is 0 Å². The second kappa shape index (κ2) is 3.52. The van der Waals surface area contributed by atoms with E-state index in [-0.39, 0.29) is 0 Å². The van der Waals surface area contributed by atoms with Gasteiger partial charge in [0.1, 0.15) is 0 Å². The second-order valence-corrected chi connectivity index (χ2v) is 5.88. The monoisotopic (exact) mass is 193 g/mol. The number of fused-ring (bicyclic) bond motifs is 1. The quantitative estimate of drug-likeness (QED) is 0.726. The van der Waals surface area contributed by atoms with Crippen LogP contribution in [0.4, 0.5) is 0 Å². The van der Waals surface area contributed by atoms with Gasteiger partial charge in [0, 0.05) is 12.1 Å². The van der Waals surface area contributed by atoms with E-state index in [9.17, 15) is 0 Å². The molecule has 0 aromatic carbocycles. The summed E-state index contributed by atoms with van der Waals surface area (Å²) in [5, 5.41) is 3.90. The lowest BCUT2D eigenvalue weighted by molar-refractivity contribution is 0.398. The summed E-state index contributed by atoms with van der Waals surface area (Å²) < 4.78 is 0. The van der Waals surface area contributed by atoms with Crippen LogP contribution in [-0.2, 0) is 0 Å². The van der Waals surface area contributed by atoms with Crippen molar-refractivity contribution in [3.63, 3.8) is 0 Å². The Kier molecular flexibility index (Phi) is 2.31. The highest BCUT2D eigenvalue weighted by molar-refractivity contribution is 5.00. The van der Waals surface area contributed by atoms with Crippen molar-refractivity contribution in [2.24, 2.45) is 17.8 Å². The van der Waals surface area contributed by atoms with Gasteiger partial charge in [0.25, 0.3) is 0 Å². The molecule has 1 nitrogen and oxygen atoms in total. The summed E-state index contributed by atoms with van der Waals surface area (Å²) in [5.74, 6) is 3.30. The Labute approximate surface area is 87.7 Å². The molecule has 4 unspecified atom stereocenters. The van der Waals surface area contributed by atoms with Gasteiger partial charge < -0.3 is 5.32 Å². The minimum absolute atomic E-state index is 0.877. The molecule has 0 aromatic heterocycles. The SMILES string of the molecule is CCC1CCC(NC2CC3CC3C2)C1. The number of nitrogens with one attached hydrogen (secondary N) is 1. The van der Waals surface area contributed by atoms with E-state index in [1.807, 2.05) is 0 Å². The van der Waals surface area contributed by atoms with Crippen LogP contribution in [0.3, 0.4) is 0 Å². The molecule has 0 radical (unpaired) electrons. The predicted molar refractivity (Wildman–Crippen MR) is 59.2 cm³/mol. The lowest BCUT2D eigenvalue weighted by Crippen LogP contribution is -2.35. The maximum absolute atomic E-state index is 3.90. The van der Waals surface area contributed by atoms with E-state index in [4.69, 9.17) is 0 Å². The van der Waals surface area contributed by atoms with E-state index in [0.717, 1.165) is 29.8 Å². The van der Waals surface area contributed by atoms with Gasteiger partial charge in [-0.1, -0.05) is 13.3 Å². The van der Waals surface area contributed by atoms with Crippen molar-refractivity contribution < 1.29 is 0 Å². The van der Waals surface area contributed by atoms with E-state index in [0.29, 0.717) is 0 Å². The molecule has 0 aliphatic heterocycles. The lowest BCUT2D eigenvalue weighted by Gasteiger charge is -2.20. The van der Waals surface area contributed by atoms with Crippen LogP contribution in [0, 0.1) is 17.8 Å². The molecule has 1 N–H and O–H groups in total. The van der Waals surface area contributed by atoms with Gasteiger partial charge in [-0.05, 0) is 56.3 Å². The summed E-state index contributed by atoms with van der Waals surface area (Å²) in [6, 6.07) is 1.78. The molecule has 4 atom stereocenters. The maximum atomic E-state index is 3.90. The molecule has 3 fully saturated rings. The molecule has 0 bridgehead atoms. The van der Waals surface area contributed by atoms with E-state index in [2.05, 4.69) is 12.2 Å². The smallest absolute Gasteiger partial charge is 0.00751 e. The Morgan fingerprint density at radius 2 is 1.71 bits per heavy atom. The number of hydrogen-bond acceptors (Lipinski definition) is 1. The van der Waals surface area contributed by atoms with Crippen molar-refractivity contribution >= 4 is 0 Å². The highest BCUT2D eigenvalue weighted by atomic mass is 15.0. The third-order valence-corrected chi connectivity index (χ3v) is 4.83. The van der Waals surface area contributed by atoms with Crippen LogP contribution in [0.15, 0.2) is 0 Å². The zero-order valence-electron chi connectivity index (χ0n) is 9.34. The summed E-state index contributed by atoms with van der Waals surface area (Å²) in [6.07, 6.45) is 10.3. The van der Waals surface area contributed by atoms with Crippen molar-refractivity contribution in [1.82, 2.24) is 5.32 Å². The number of rotatable bonds is 3. The first-order valence-electron chi connectivity index (χ1n) is 6.61. The Bertz CT molecular complexity index is 203. The number of hydrogen-bond donors (Lipinski definition) is 1. The molecule has 0 aromatic rings. The third-order valence-electron chi connectivity index (χ3n) is 4.83. The summed E-state index contributed by atoms with van der Waals surface area (Å²) in [5.41, 5.74) is 0. The van der Waals surface area contributed by atoms with Gasteiger partial charge in [-0.2, -0.15) is 0 Å².